The lowest BCUT2D eigenvalue weighted by atomic mass is 10.0. The van der Waals surface area contributed by atoms with Gasteiger partial charge in [-0.3, -0.25) is 10.2 Å². The Labute approximate surface area is 215 Å². The lowest BCUT2D eigenvalue weighted by Crippen LogP contribution is -2.45. The molecule has 2 fully saturated rings. The Bertz CT molecular complexity index is 1230. The SMILES string of the molecule is COC1CC[C@H](S(=O)(=O)c2ccccc2-c2ccc(CN3CCCCC[C@@H]3c3ccccc3)[nH]2)CN1. The van der Waals surface area contributed by atoms with Crippen LogP contribution in [0.3, 0.4) is 0 Å². The van der Waals surface area contributed by atoms with Crippen molar-refractivity contribution >= 4 is 9.84 Å². The maximum absolute atomic E-state index is 13.6. The molecule has 2 aromatic carbocycles. The molecule has 1 aromatic heterocycles. The summed E-state index contributed by atoms with van der Waals surface area (Å²) in [7, 11) is -1.84. The first-order valence-electron chi connectivity index (χ1n) is 13.1. The standard InChI is InChI=1S/C29H37N3O3S/c1-35-29-18-16-24(20-30-29)36(33,34)28-14-8-7-12-25(28)26-17-15-23(31-26)21-32-19-9-3-6-13-27(32)22-10-4-2-5-11-22/h2,4-5,7-8,10-12,14-15,17,24,27,29-31H,3,6,9,13,16,18-21H2,1H3/t24-,27+,29?/m0/s1. The molecule has 1 unspecified atom stereocenters. The highest BCUT2D eigenvalue weighted by Gasteiger charge is 2.33. The fraction of sp³-hybridized carbons (Fsp3) is 0.448. The summed E-state index contributed by atoms with van der Waals surface area (Å²) in [6.07, 6.45) is 6.09. The number of piperidine rings is 1. The second-order valence-electron chi connectivity index (χ2n) is 10.0. The van der Waals surface area contributed by atoms with Gasteiger partial charge in [0.15, 0.2) is 9.84 Å². The topological polar surface area (TPSA) is 74.4 Å². The van der Waals surface area contributed by atoms with E-state index in [1.54, 1.807) is 13.2 Å². The Morgan fingerprint density at radius 1 is 0.917 bits per heavy atom. The number of methoxy groups -OCH3 is 1. The van der Waals surface area contributed by atoms with Crippen LogP contribution in [0.1, 0.15) is 55.8 Å². The zero-order valence-electron chi connectivity index (χ0n) is 21.0. The predicted octanol–water partition coefficient (Wildman–Crippen LogP) is 5.30. The summed E-state index contributed by atoms with van der Waals surface area (Å²) in [6, 6.07) is 22.7. The molecule has 2 aliphatic rings. The highest BCUT2D eigenvalue weighted by atomic mass is 32.2. The van der Waals surface area contributed by atoms with Crippen molar-refractivity contribution in [3.63, 3.8) is 0 Å². The first-order valence-corrected chi connectivity index (χ1v) is 14.7. The van der Waals surface area contributed by atoms with Gasteiger partial charge in [-0.2, -0.15) is 0 Å². The molecule has 0 radical (unpaired) electrons. The van der Waals surface area contributed by atoms with E-state index >= 15 is 0 Å². The Balaban J connectivity index is 1.38. The number of ether oxygens (including phenoxy) is 1. The van der Waals surface area contributed by atoms with Crippen LogP contribution in [-0.4, -0.2) is 50.0 Å². The monoisotopic (exact) mass is 507 g/mol. The summed E-state index contributed by atoms with van der Waals surface area (Å²) in [5, 5.41) is 2.76. The van der Waals surface area contributed by atoms with Gasteiger partial charge in [-0.15, -0.1) is 0 Å². The van der Waals surface area contributed by atoms with Crippen LogP contribution in [0.15, 0.2) is 71.6 Å². The van der Waals surface area contributed by atoms with Crippen LogP contribution in [0.5, 0.6) is 0 Å². The van der Waals surface area contributed by atoms with Gasteiger partial charge in [0, 0.05) is 43.2 Å². The number of hydrogen-bond acceptors (Lipinski definition) is 5. The number of nitrogens with one attached hydrogen (secondary N) is 2. The molecular weight excluding hydrogens is 470 g/mol. The Morgan fingerprint density at radius 3 is 2.50 bits per heavy atom. The average molecular weight is 508 g/mol. The molecule has 2 aliphatic heterocycles. The van der Waals surface area contributed by atoms with Crippen molar-refractivity contribution in [3.05, 3.63) is 78.0 Å². The minimum Gasteiger partial charge on any atom is -0.367 e. The molecule has 36 heavy (non-hydrogen) atoms. The molecule has 3 aromatic rings. The first kappa shape index (κ1) is 25.2. The number of nitrogens with zero attached hydrogens (tertiary/aromatic N) is 1. The van der Waals surface area contributed by atoms with Gasteiger partial charge in [-0.1, -0.05) is 61.4 Å². The van der Waals surface area contributed by atoms with Crippen LogP contribution >= 0.6 is 0 Å². The number of aromatic amines is 1. The molecule has 192 valence electrons. The quantitative estimate of drug-likeness (QED) is 0.454. The second kappa shape index (κ2) is 11.3. The van der Waals surface area contributed by atoms with E-state index in [2.05, 4.69) is 51.6 Å². The number of likely N-dealkylation sites (tertiary alicyclic amines) is 1. The molecule has 3 heterocycles. The van der Waals surface area contributed by atoms with Crippen LogP contribution < -0.4 is 5.32 Å². The van der Waals surface area contributed by atoms with Crippen LogP contribution in [0.25, 0.3) is 11.3 Å². The first-order chi connectivity index (χ1) is 17.6. The van der Waals surface area contributed by atoms with Crippen LogP contribution in [0, 0.1) is 0 Å². The van der Waals surface area contributed by atoms with Gasteiger partial charge >= 0.3 is 0 Å². The zero-order chi connectivity index (χ0) is 25.0. The molecule has 6 nitrogen and oxygen atoms in total. The van der Waals surface area contributed by atoms with Crippen LogP contribution in [0.4, 0.5) is 0 Å². The smallest absolute Gasteiger partial charge is 0.183 e. The van der Waals surface area contributed by atoms with Gasteiger partial charge in [0.05, 0.1) is 10.1 Å². The van der Waals surface area contributed by atoms with E-state index in [-0.39, 0.29) is 6.23 Å². The van der Waals surface area contributed by atoms with Crippen LogP contribution in [-0.2, 0) is 21.1 Å². The molecule has 2 saturated heterocycles. The number of H-pyrrole nitrogens is 1. The highest BCUT2D eigenvalue weighted by Crippen LogP contribution is 2.34. The van der Waals surface area contributed by atoms with Crippen molar-refractivity contribution in [3.8, 4) is 11.3 Å². The molecule has 7 heteroatoms. The van der Waals surface area contributed by atoms with E-state index in [1.807, 2.05) is 24.3 Å². The minimum atomic E-state index is -3.49. The van der Waals surface area contributed by atoms with Crippen molar-refractivity contribution in [2.45, 2.75) is 67.5 Å². The van der Waals surface area contributed by atoms with Gasteiger partial charge in [0.25, 0.3) is 0 Å². The van der Waals surface area contributed by atoms with Crippen molar-refractivity contribution in [1.82, 2.24) is 15.2 Å². The number of rotatable bonds is 7. The Hall–Kier alpha value is -2.45. The van der Waals surface area contributed by atoms with E-state index < -0.39 is 15.1 Å². The molecule has 3 atom stereocenters. The molecule has 0 aliphatic carbocycles. The number of benzene rings is 2. The van der Waals surface area contributed by atoms with Gasteiger partial charge < -0.3 is 9.72 Å². The maximum Gasteiger partial charge on any atom is 0.183 e. The average Bonchev–Trinajstić information content (AvgIpc) is 3.26. The van der Waals surface area contributed by atoms with E-state index in [0.717, 1.165) is 36.5 Å². The fourth-order valence-electron chi connectivity index (χ4n) is 5.71. The fourth-order valence-corrected chi connectivity index (χ4v) is 7.58. The lowest BCUT2D eigenvalue weighted by Gasteiger charge is -2.30. The third-order valence-electron chi connectivity index (χ3n) is 7.70. The van der Waals surface area contributed by atoms with Crippen molar-refractivity contribution in [2.24, 2.45) is 0 Å². The summed E-state index contributed by atoms with van der Waals surface area (Å²) in [4.78, 5) is 6.53. The van der Waals surface area contributed by atoms with Gasteiger partial charge in [-0.05, 0) is 56.0 Å². The predicted molar refractivity (Wildman–Crippen MR) is 143 cm³/mol. The molecule has 0 amide bonds. The van der Waals surface area contributed by atoms with Gasteiger partial charge in [0.1, 0.15) is 6.23 Å². The normalized spacial score (nSPS) is 23.9. The van der Waals surface area contributed by atoms with Gasteiger partial charge in [-0.25, -0.2) is 8.42 Å². The summed E-state index contributed by atoms with van der Waals surface area (Å²) in [5.74, 6) is 0. The Kier molecular flexibility index (Phi) is 7.91. The zero-order valence-corrected chi connectivity index (χ0v) is 21.8. The van der Waals surface area contributed by atoms with Crippen molar-refractivity contribution in [1.29, 1.82) is 0 Å². The summed E-state index contributed by atoms with van der Waals surface area (Å²) >= 11 is 0. The molecule has 5 rings (SSSR count). The minimum absolute atomic E-state index is 0.0728. The summed E-state index contributed by atoms with van der Waals surface area (Å²) in [5.41, 5.74) is 4.09. The molecular formula is C29H37N3O3S. The van der Waals surface area contributed by atoms with Crippen LogP contribution in [0.2, 0.25) is 0 Å². The summed E-state index contributed by atoms with van der Waals surface area (Å²) in [6.45, 7) is 2.29. The van der Waals surface area contributed by atoms with E-state index in [9.17, 15) is 8.42 Å². The number of sulfone groups is 1. The van der Waals surface area contributed by atoms with E-state index in [0.29, 0.717) is 30.3 Å². The van der Waals surface area contributed by atoms with E-state index in [4.69, 9.17) is 4.74 Å². The van der Waals surface area contributed by atoms with E-state index in [1.165, 1.54) is 24.8 Å². The number of hydrogen-bond donors (Lipinski definition) is 2. The molecule has 0 bridgehead atoms. The third-order valence-corrected chi connectivity index (χ3v) is 9.95. The third kappa shape index (κ3) is 5.44. The maximum atomic E-state index is 13.6. The summed E-state index contributed by atoms with van der Waals surface area (Å²) < 4.78 is 32.6. The Morgan fingerprint density at radius 2 is 1.72 bits per heavy atom. The molecule has 0 saturated carbocycles. The molecule has 2 N–H and O–H groups in total. The number of aromatic nitrogens is 1. The van der Waals surface area contributed by atoms with Crippen molar-refractivity contribution in [2.75, 3.05) is 20.2 Å². The largest absolute Gasteiger partial charge is 0.367 e. The van der Waals surface area contributed by atoms with Crippen molar-refractivity contribution < 1.29 is 13.2 Å². The second-order valence-corrected chi connectivity index (χ2v) is 12.2. The molecule has 0 spiro atoms. The lowest BCUT2D eigenvalue weighted by molar-refractivity contribution is 0.0532. The van der Waals surface area contributed by atoms with Gasteiger partial charge in [0.2, 0.25) is 0 Å². The highest BCUT2D eigenvalue weighted by molar-refractivity contribution is 7.92.